The van der Waals surface area contributed by atoms with E-state index >= 15 is 0 Å². The molecule has 0 bridgehead atoms. The van der Waals surface area contributed by atoms with E-state index in [1.54, 1.807) is 19.1 Å². The smallest absolute Gasteiger partial charge is 0.260 e. The largest absolute Gasteiger partial charge is 0.479 e. The number of nitrogens with one attached hydrogen (secondary N) is 1. The molecule has 0 fully saturated rings. The number of amides is 1. The highest BCUT2D eigenvalue weighted by Gasteiger charge is 2.16. The average molecular weight is 267 g/mol. The van der Waals surface area contributed by atoms with Crippen LogP contribution in [-0.2, 0) is 4.79 Å². The number of rotatable bonds is 4. The lowest BCUT2D eigenvalue weighted by Crippen LogP contribution is -2.40. The van der Waals surface area contributed by atoms with E-state index in [9.17, 15) is 4.79 Å². The molecule has 1 atom stereocenters. The summed E-state index contributed by atoms with van der Waals surface area (Å²) in [5, 5.41) is 11.8. The Morgan fingerprint density at radius 3 is 2.61 bits per heavy atom. The molecule has 1 amide bonds. The number of hydrogen-bond acceptors (Lipinski definition) is 3. The molecule has 4 nitrogen and oxygen atoms in total. The molecule has 0 spiro atoms. The standard InChI is InChI=1S/C13H15ClN2O2/c1-8(2)16-13(17)9(3)18-12-5-4-10(7-15)6-11(12)14/h4-6,8-9H,1-3H3,(H,16,17). The van der Waals surface area contributed by atoms with Gasteiger partial charge in [0, 0.05) is 6.04 Å². The number of benzene rings is 1. The minimum Gasteiger partial charge on any atom is -0.479 e. The SMILES string of the molecule is CC(C)NC(=O)C(C)Oc1ccc(C#N)cc1Cl. The van der Waals surface area contributed by atoms with Crippen molar-refractivity contribution in [3.05, 3.63) is 28.8 Å². The number of halogens is 1. The van der Waals surface area contributed by atoms with Gasteiger partial charge in [0.15, 0.2) is 6.10 Å². The lowest BCUT2D eigenvalue weighted by atomic mass is 10.2. The van der Waals surface area contributed by atoms with E-state index in [0.29, 0.717) is 16.3 Å². The molecule has 0 aromatic heterocycles. The third-order valence-corrected chi connectivity index (χ3v) is 2.46. The minimum atomic E-state index is -0.641. The molecule has 96 valence electrons. The summed E-state index contributed by atoms with van der Waals surface area (Å²) in [4.78, 5) is 11.7. The third kappa shape index (κ3) is 3.94. The number of carbonyl (C=O) groups is 1. The summed E-state index contributed by atoms with van der Waals surface area (Å²) in [6, 6.07) is 6.71. The van der Waals surface area contributed by atoms with Gasteiger partial charge in [0.2, 0.25) is 0 Å². The third-order valence-electron chi connectivity index (χ3n) is 2.16. The van der Waals surface area contributed by atoms with Crippen LogP contribution in [0.5, 0.6) is 5.75 Å². The Morgan fingerprint density at radius 1 is 1.44 bits per heavy atom. The van der Waals surface area contributed by atoms with Gasteiger partial charge in [0.1, 0.15) is 5.75 Å². The second-order valence-electron chi connectivity index (χ2n) is 4.18. The van der Waals surface area contributed by atoms with Crippen molar-refractivity contribution in [2.24, 2.45) is 0 Å². The Kier molecular flexibility index (Phi) is 4.99. The topological polar surface area (TPSA) is 62.1 Å². The summed E-state index contributed by atoms with van der Waals surface area (Å²) in [5.41, 5.74) is 0.451. The quantitative estimate of drug-likeness (QED) is 0.911. The molecule has 0 saturated carbocycles. The van der Waals surface area contributed by atoms with Crippen LogP contribution >= 0.6 is 11.6 Å². The molecule has 0 radical (unpaired) electrons. The van der Waals surface area contributed by atoms with E-state index in [1.807, 2.05) is 19.9 Å². The molecule has 5 heteroatoms. The Balaban J connectivity index is 2.73. The Bertz CT molecular complexity index is 480. The van der Waals surface area contributed by atoms with Crippen molar-refractivity contribution in [1.82, 2.24) is 5.32 Å². The van der Waals surface area contributed by atoms with Crippen LogP contribution < -0.4 is 10.1 Å². The zero-order chi connectivity index (χ0) is 13.7. The molecule has 18 heavy (non-hydrogen) atoms. The fourth-order valence-electron chi connectivity index (χ4n) is 1.31. The molecule has 0 aliphatic carbocycles. The van der Waals surface area contributed by atoms with Crippen molar-refractivity contribution in [3.8, 4) is 11.8 Å². The van der Waals surface area contributed by atoms with Crippen molar-refractivity contribution >= 4 is 17.5 Å². The van der Waals surface area contributed by atoms with Gasteiger partial charge < -0.3 is 10.1 Å². The first-order chi connectivity index (χ1) is 8.43. The van der Waals surface area contributed by atoms with E-state index < -0.39 is 6.10 Å². The van der Waals surface area contributed by atoms with Crippen LogP contribution in [0.1, 0.15) is 26.3 Å². The molecular weight excluding hydrogens is 252 g/mol. The maximum Gasteiger partial charge on any atom is 0.260 e. The fraction of sp³-hybridized carbons (Fsp3) is 0.385. The highest BCUT2D eigenvalue weighted by Crippen LogP contribution is 2.26. The molecule has 0 aliphatic heterocycles. The van der Waals surface area contributed by atoms with Crippen LogP contribution in [0.15, 0.2) is 18.2 Å². The van der Waals surface area contributed by atoms with Crippen molar-refractivity contribution in [3.63, 3.8) is 0 Å². The maximum atomic E-state index is 11.7. The van der Waals surface area contributed by atoms with Crippen LogP contribution in [0.4, 0.5) is 0 Å². The predicted octanol–water partition coefficient (Wildman–Crippen LogP) is 2.50. The molecule has 1 aromatic rings. The molecule has 1 rings (SSSR count). The van der Waals surface area contributed by atoms with Gasteiger partial charge in [-0.3, -0.25) is 4.79 Å². The second-order valence-corrected chi connectivity index (χ2v) is 4.59. The van der Waals surface area contributed by atoms with Gasteiger partial charge in [-0.25, -0.2) is 0 Å². The molecule has 0 saturated heterocycles. The zero-order valence-corrected chi connectivity index (χ0v) is 11.3. The average Bonchev–Trinajstić information content (AvgIpc) is 2.30. The van der Waals surface area contributed by atoms with Gasteiger partial charge >= 0.3 is 0 Å². The van der Waals surface area contributed by atoms with Crippen LogP contribution in [0.2, 0.25) is 5.02 Å². The minimum absolute atomic E-state index is 0.0555. The Labute approximate surface area is 112 Å². The van der Waals surface area contributed by atoms with Crippen molar-refractivity contribution in [2.45, 2.75) is 32.9 Å². The normalized spacial score (nSPS) is 11.8. The molecule has 1 unspecified atom stereocenters. The summed E-state index contributed by atoms with van der Waals surface area (Å²) < 4.78 is 5.45. The van der Waals surface area contributed by atoms with Gasteiger partial charge in [-0.1, -0.05) is 11.6 Å². The van der Waals surface area contributed by atoms with E-state index in [-0.39, 0.29) is 11.9 Å². The van der Waals surface area contributed by atoms with E-state index in [2.05, 4.69) is 5.32 Å². The highest BCUT2D eigenvalue weighted by atomic mass is 35.5. The first-order valence-electron chi connectivity index (χ1n) is 5.60. The van der Waals surface area contributed by atoms with E-state index in [4.69, 9.17) is 21.6 Å². The molecule has 0 heterocycles. The van der Waals surface area contributed by atoms with Crippen molar-refractivity contribution in [1.29, 1.82) is 5.26 Å². The molecular formula is C13H15ClN2O2. The van der Waals surface area contributed by atoms with Gasteiger partial charge in [-0.2, -0.15) is 5.26 Å². The number of ether oxygens (including phenoxy) is 1. The Hall–Kier alpha value is -1.73. The number of hydrogen-bond donors (Lipinski definition) is 1. The first kappa shape index (κ1) is 14.3. The van der Waals surface area contributed by atoms with Gasteiger partial charge in [-0.05, 0) is 39.0 Å². The van der Waals surface area contributed by atoms with E-state index in [1.165, 1.54) is 6.07 Å². The zero-order valence-electron chi connectivity index (χ0n) is 10.5. The van der Waals surface area contributed by atoms with Gasteiger partial charge in [0.25, 0.3) is 5.91 Å². The fourth-order valence-corrected chi connectivity index (χ4v) is 1.54. The second kappa shape index (κ2) is 6.27. The summed E-state index contributed by atoms with van der Waals surface area (Å²) in [7, 11) is 0. The summed E-state index contributed by atoms with van der Waals surface area (Å²) >= 11 is 5.95. The van der Waals surface area contributed by atoms with Crippen molar-refractivity contribution < 1.29 is 9.53 Å². The van der Waals surface area contributed by atoms with Crippen LogP contribution in [-0.4, -0.2) is 18.1 Å². The predicted molar refractivity (Wildman–Crippen MR) is 69.5 cm³/mol. The monoisotopic (exact) mass is 266 g/mol. The van der Waals surface area contributed by atoms with E-state index in [0.717, 1.165) is 0 Å². The van der Waals surface area contributed by atoms with Crippen LogP contribution in [0, 0.1) is 11.3 Å². The molecule has 1 N–H and O–H groups in total. The van der Waals surface area contributed by atoms with Crippen molar-refractivity contribution in [2.75, 3.05) is 0 Å². The Morgan fingerprint density at radius 2 is 2.11 bits per heavy atom. The number of carbonyl (C=O) groups excluding carboxylic acids is 1. The lowest BCUT2D eigenvalue weighted by Gasteiger charge is -2.17. The highest BCUT2D eigenvalue weighted by molar-refractivity contribution is 6.32. The summed E-state index contributed by atoms with van der Waals surface area (Å²) in [5.74, 6) is 0.187. The van der Waals surface area contributed by atoms with Crippen LogP contribution in [0.25, 0.3) is 0 Å². The number of nitrogens with zero attached hydrogens (tertiary/aromatic N) is 1. The number of nitriles is 1. The van der Waals surface area contributed by atoms with Gasteiger partial charge in [-0.15, -0.1) is 0 Å². The first-order valence-corrected chi connectivity index (χ1v) is 5.98. The molecule has 1 aromatic carbocycles. The maximum absolute atomic E-state index is 11.7. The molecule has 0 aliphatic rings. The van der Waals surface area contributed by atoms with Crippen LogP contribution in [0.3, 0.4) is 0 Å². The summed E-state index contributed by atoms with van der Waals surface area (Å²) in [6.45, 7) is 5.39. The lowest BCUT2D eigenvalue weighted by molar-refractivity contribution is -0.127. The summed E-state index contributed by atoms with van der Waals surface area (Å²) in [6.07, 6.45) is -0.641. The van der Waals surface area contributed by atoms with Gasteiger partial charge in [0.05, 0.1) is 16.7 Å².